The normalized spacial score (nSPS) is 10.6. The molecule has 20 heavy (non-hydrogen) atoms. The maximum absolute atomic E-state index is 14.0. The van der Waals surface area contributed by atoms with Gasteiger partial charge < -0.3 is 10.1 Å². The second kappa shape index (κ2) is 7.27. The van der Waals surface area contributed by atoms with Crippen LogP contribution in [-0.2, 0) is 6.54 Å². The average Bonchev–Trinajstić information content (AvgIpc) is 2.43. The number of para-hydroxylation sites is 1. The number of halogens is 2. The number of nitrogens with one attached hydrogen (secondary N) is 1. The van der Waals surface area contributed by atoms with E-state index >= 15 is 0 Å². The van der Waals surface area contributed by atoms with Crippen molar-refractivity contribution >= 4 is 11.6 Å². The van der Waals surface area contributed by atoms with E-state index in [1.807, 2.05) is 6.07 Å². The van der Waals surface area contributed by atoms with Crippen molar-refractivity contribution in [2.45, 2.75) is 19.9 Å². The lowest BCUT2D eigenvalue weighted by atomic mass is 10.2. The lowest BCUT2D eigenvalue weighted by molar-refractivity contribution is 0.433. The number of hydrogen-bond donors (Lipinski definition) is 1. The number of rotatable bonds is 6. The second-order valence-electron chi connectivity index (χ2n) is 4.46. The first-order valence-corrected chi connectivity index (χ1v) is 7.00. The van der Waals surface area contributed by atoms with Crippen molar-refractivity contribution in [2.75, 3.05) is 6.54 Å². The van der Waals surface area contributed by atoms with Crippen LogP contribution in [0, 0.1) is 5.82 Å². The minimum absolute atomic E-state index is 0.248. The van der Waals surface area contributed by atoms with Crippen LogP contribution in [0.1, 0.15) is 18.9 Å². The molecule has 1 N–H and O–H groups in total. The Labute approximate surface area is 123 Å². The van der Waals surface area contributed by atoms with Gasteiger partial charge in [-0.05, 0) is 37.2 Å². The van der Waals surface area contributed by atoms with Crippen LogP contribution in [-0.4, -0.2) is 6.54 Å². The third kappa shape index (κ3) is 3.95. The lowest BCUT2D eigenvalue weighted by Crippen LogP contribution is -2.14. The smallest absolute Gasteiger partial charge is 0.167 e. The van der Waals surface area contributed by atoms with Crippen LogP contribution in [0.3, 0.4) is 0 Å². The Morgan fingerprint density at radius 3 is 2.75 bits per heavy atom. The molecule has 4 heteroatoms. The van der Waals surface area contributed by atoms with Crippen LogP contribution in [0.2, 0.25) is 5.02 Å². The molecule has 0 aromatic heterocycles. The second-order valence-corrected chi connectivity index (χ2v) is 4.90. The molecule has 0 fully saturated rings. The molecule has 2 nitrogen and oxygen atoms in total. The fraction of sp³-hybridized carbons (Fsp3) is 0.250. The predicted molar refractivity (Wildman–Crippen MR) is 79.9 cm³/mol. The Morgan fingerprint density at radius 2 is 2.00 bits per heavy atom. The summed E-state index contributed by atoms with van der Waals surface area (Å²) in [5.74, 6) is 0.401. The molecular formula is C16H17ClFNO. The largest absolute Gasteiger partial charge is 0.454 e. The molecule has 0 aliphatic rings. The van der Waals surface area contributed by atoms with Gasteiger partial charge >= 0.3 is 0 Å². The van der Waals surface area contributed by atoms with Gasteiger partial charge in [-0.25, -0.2) is 4.39 Å². The molecule has 0 aliphatic heterocycles. The molecule has 2 aromatic carbocycles. The highest BCUT2D eigenvalue weighted by Crippen LogP contribution is 2.29. The van der Waals surface area contributed by atoms with Crippen LogP contribution < -0.4 is 10.1 Å². The molecule has 0 radical (unpaired) electrons. The van der Waals surface area contributed by atoms with Gasteiger partial charge in [-0.3, -0.25) is 0 Å². The van der Waals surface area contributed by atoms with Crippen LogP contribution in [0.15, 0.2) is 42.5 Å². The van der Waals surface area contributed by atoms with Crippen molar-refractivity contribution in [1.82, 2.24) is 5.32 Å². The van der Waals surface area contributed by atoms with Gasteiger partial charge in [-0.1, -0.05) is 36.7 Å². The third-order valence-electron chi connectivity index (χ3n) is 2.81. The fourth-order valence-corrected chi connectivity index (χ4v) is 2.04. The van der Waals surface area contributed by atoms with E-state index in [9.17, 15) is 4.39 Å². The zero-order valence-corrected chi connectivity index (χ0v) is 12.1. The van der Waals surface area contributed by atoms with Gasteiger partial charge in [0.05, 0.1) is 0 Å². The van der Waals surface area contributed by atoms with E-state index < -0.39 is 0 Å². The fourth-order valence-electron chi connectivity index (χ4n) is 1.86. The van der Waals surface area contributed by atoms with Gasteiger partial charge in [-0.15, -0.1) is 0 Å². The number of benzene rings is 2. The van der Waals surface area contributed by atoms with E-state index in [0.29, 0.717) is 17.3 Å². The van der Waals surface area contributed by atoms with Gasteiger partial charge in [0, 0.05) is 17.1 Å². The van der Waals surface area contributed by atoms with Crippen molar-refractivity contribution in [1.29, 1.82) is 0 Å². The third-order valence-corrected chi connectivity index (χ3v) is 3.04. The maximum Gasteiger partial charge on any atom is 0.167 e. The quantitative estimate of drug-likeness (QED) is 0.775. The van der Waals surface area contributed by atoms with Crippen molar-refractivity contribution in [2.24, 2.45) is 0 Å². The van der Waals surface area contributed by atoms with Gasteiger partial charge in [0.25, 0.3) is 0 Å². The Kier molecular flexibility index (Phi) is 5.39. The van der Waals surface area contributed by atoms with Crippen molar-refractivity contribution in [3.05, 3.63) is 58.9 Å². The average molecular weight is 294 g/mol. The maximum atomic E-state index is 14.0. The highest BCUT2D eigenvalue weighted by Gasteiger charge is 2.11. The first-order valence-electron chi connectivity index (χ1n) is 6.62. The van der Waals surface area contributed by atoms with Crippen molar-refractivity contribution in [3.8, 4) is 11.5 Å². The molecule has 0 aliphatic carbocycles. The number of ether oxygens (including phenoxy) is 1. The Bertz CT molecular complexity index is 574. The molecule has 0 unspecified atom stereocenters. The minimum atomic E-state index is -0.374. The van der Waals surface area contributed by atoms with Crippen LogP contribution in [0.4, 0.5) is 4.39 Å². The predicted octanol–water partition coefficient (Wildman–Crippen LogP) is 4.77. The van der Waals surface area contributed by atoms with Crippen LogP contribution in [0.5, 0.6) is 11.5 Å². The summed E-state index contributed by atoms with van der Waals surface area (Å²) in [5, 5.41) is 3.80. The molecule has 2 aromatic rings. The number of hydrogen-bond acceptors (Lipinski definition) is 2. The molecule has 0 atom stereocenters. The van der Waals surface area contributed by atoms with E-state index in [2.05, 4.69) is 12.2 Å². The highest BCUT2D eigenvalue weighted by atomic mass is 35.5. The van der Waals surface area contributed by atoms with Crippen LogP contribution >= 0.6 is 11.6 Å². The summed E-state index contributed by atoms with van der Waals surface area (Å²) in [5.41, 5.74) is 0.790. The van der Waals surface area contributed by atoms with Crippen LogP contribution in [0.25, 0.3) is 0 Å². The molecule has 2 rings (SSSR count). The van der Waals surface area contributed by atoms with Gasteiger partial charge in [-0.2, -0.15) is 0 Å². The van der Waals surface area contributed by atoms with E-state index in [1.54, 1.807) is 30.3 Å². The topological polar surface area (TPSA) is 21.3 Å². The standard InChI is InChI=1S/C16H17ClFNO/c1-2-9-19-11-12-5-3-8-15(18)16(12)20-14-7-4-6-13(17)10-14/h3-8,10,19H,2,9,11H2,1H3. The summed E-state index contributed by atoms with van der Waals surface area (Å²) in [7, 11) is 0. The summed E-state index contributed by atoms with van der Waals surface area (Å²) in [6.07, 6.45) is 1.03. The Balaban J connectivity index is 2.21. The summed E-state index contributed by atoms with van der Waals surface area (Å²) in [6.45, 7) is 3.54. The monoisotopic (exact) mass is 293 g/mol. The van der Waals surface area contributed by atoms with Crippen molar-refractivity contribution in [3.63, 3.8) is 0 Å². The lowest BCUT2D eigenvalue weighted by Gasteiger charge is -2.12. The van der Waals surface area contributed by atoms with Gasteiger partial charge in [0.1, 0.15) is 5.75 Å². The minimum Gasteiger partial charge on any atom is -0.454 e. The molecule has 0 spiro atoms. The van der Waals surface area contributed by atoms with E-state index in [1.165, 1.54) is 6.07 Å². The molecule has 0 saturated heterocycles. The first kappa shape index (κ1) is 14.8. The zero-order chi connectivity index (χ0) is 14.4. The van der Waals surface area contributed by atoms with Gasteiger partial charge in [0.2, 0.25) is 0 Å². The molecule has 0 bridgehead atoms. The molecule has 0 amide bonds. The summed E-state index contributed by atoms with van der Waals surface area (Å²) >= 11 is 5.91. The van der Waals surface area contributed by atoms with E-state index in [-0.39, 0.29) is 11.6 Å². The Morgan fingerprint density at radius 1 is 1.20 bits per heavy atom. The SMILES string of the molecule is CCCNCc1cccc(F)c1Oc1cccc(Cl)c1. The van der Waals surface area contributed by atoms with Gasteiger partial charge in [0.15, 0.2) is 11.6 Å². The molecule has 0 saturated carbocycles. The zero-order valence-electron chi connectivity index (χ0n) is 11.3. The molecule has 106 valence electrons. The Hall–Kier alpha value is -1.58. The molecular weight excluding hydrogens is 277 g/mol. The van der Waals surface area contributed by atoms with E-state index in [4.69, 9.17) is 16.3 Å². The van der Waals surface area contributed by atoms with Crippen molar-refractivity contribution < 1.29 is 9.13 Å². The van der Waals surface area contributed by atoms with E-state index in [0.717, 1.165) is 18.5 Å². The first-order chi connectivity index (χ1) is 9.70. The highest BCUT2D eigenvalue weighted by molar-refractivity contribution is 6.30. The summed E-state index contributed by atoms with van der Waals surface area (Å²) < 4.78 is 19.6. The summed E-state index contributed by atoms with van der Waals surface area (Å²) in [6, 6.07) is 11.9. The molecule has 0 heterocycles. The summed E-state index contributed by atoms with van der Waals surface area (Å²) in [4.78, 5) is 0.